The van der Waals surface area contributed by atoms with E-state index in [1.165, 1.54) is 77.4 Å². The Hall–Kier alpha value is -0.650. The first-order valence-electron chi connectivity index (χ1n) is 12.0. The number of hydrogen-bond acceptors (Lipinski definition) is 4. The van der Waals surface area contributed by atoms with E-state index >= 15 is 0 Å². The highest BCUT2D eigenvalue weighted by Crippen LogP contribution is 2.39. The van der Waals surface area contributed by atoms with E-state index in [9.17, 15) is 9.90 Å². The van der Waals surface area contributed by atoms with E-state index in [0.29, 0.717) is 17.9 Å². The van der Waals surface area contributed by atoms with Gasteiger partial charge in [0.1, 0.15) is 0 Å². The highest BCUT2D eigenvalue weighted by atomic mass is 16.3. The minimum absolute atomic E-state index is 0.164. The minimum atomic E-state index is -0.164. The number of aliphatic hydroxyl groups is 1. The van der Waals surface area contributed by atoms with Gasteiger partial charge >= 0.3 is 0 Å². The van der Waals surface area contributed by atoms with Gasteiger partial charge in [0.25, 0.3) is 0 Å². The van der Waals surface area contributed by atoms with E-state index in [1.807, 2.05) is 0 Å². The van der Waals surface area contributed by atoms with Crippen molar-refractivity contribution in [1.29, 1.82) is 0 Å². The number of amides is 1. The summed E-state index contributed by atoms with van der Waals surface area (Å²) >= 11 is 0. The van der Waals surface area contributed by atoms with E-state index in [-0.39, 0.29) is 6.10 Å². The van der Waals surface area contributed by atoms with E-state index in [0.717, 1.165) is 44.9 Å². The summed E-state index contributed by atoms with van der Waals surface area (Å²) in [6.07, 6.45) is 13.9. The Bertz CT molecular complexity index is 514. The molecule has 1 unspecified atom stereocenters. The van der Waals surface area contributed by atoms with Crippen LogP contribution in [0.5, 0.6) is 0 Å². The highest BCUT2D eigenvalue weighted by molar-refractivity contribution is 5.78. The van der Waals surface area contributed by atoms with Crippen LogP contribution in [0.25, 0.3) is 0 Å². The predicted molar refractivity (Wildman–Crippen MR) is 112 cm³/mol. The summed E-state index contributed by atoms with van der Waals surface area (Å²) < 4.78 is 0. The second-order valence-corrected chi connectivity index (χ2v) is 10.2. The van der Waals surface area contributed by atoms with Crippen LogP contribution in [0, 0.1) is 11.3 Å². The number of piperidine rings is 2. The molecule has 3 aliphatic heterocycles. The van der Waals surface area contributed by atoms with Crippen molar-refractivity contribution in [3.05, 3.63) is 0 Å². The molecule has 3 heterocycles. The second-order valence-electron chi connectivity index (χ2n) is 10.2. The molecule has 160 valence electrons. The first kappa shape index (κ1) is 20.6. The Labute approximate surface area is 171 Å². The molecule has 1 atom stereocenters. The molecule has 4 fully saturated rings. The standard InChI is InChI=1S/C23H41N3O2/c27-21-8-14-24(15-9-21)17-22(28)26-16-11-23(19-26)10-4-12-25(18-23)13-7-20-5-2-1-3-6-20/h20-21,27H,1-19H2. The van der Waals surface area contributed by atoms with Crippen molar-refractivity contribution < 1.29 is 9.90 Å². The largest absolute Gasteiger partial charge is 0.393 e. The lowest BCUT2D eigenvalue weighted by Gasteiger charge is -2.41. The van der Waals surface area contributed by atoms with Crippen LogP contribution in [0.3, 0.4) is 0 Å². The van der Waals surface area contributed by atoms with Crippen LogP contribution in [-0.2, 0) is 4.79 Å². The number of carbonyl (C=O) groups is 1. The molecule has 5 nitrogen and oxygen atoms in total. The maximum Gasteiger partial charge on any atom is 0.236 e. The van der Waals surface area contributed by atoms with Crippen molar-refractivity contribution >= 4 is 5.91 Å². The van der Waals surface area contributed by atoms with E-state index in [2.05, 4.69) is 14.7 Å². The molecule has 0 aromatic carbocycles. The molecule has 0 radical (unpaired) electrons. The van der Waals surface area contributed by atoms with Crippen LogP contribution in [0.4, 0.5) is 0 Å². The molecular weight excluding hydrogens is 350 g/mol. The fourth-order valence-electron chi connectivity index (χ4n) is 6.19. The molecule has 1 saturated carbocycles. The Morgan fingerprint density at radius 2 is 1.64 bits per heavy atom. The minimum Gasteiger partial charge on any atom is -0.393 e. The first-order valence-corrected chi connectivity index (χ1v) is 12.0. The van der Waals surface area contributed by atoms with Gasteiger partial charge in [-0.15, -0.1) is 0 Å². The van der Waals surface area contributed by atoms with Gasteiger partial charge in [0.05, 0.1) is 12.6 Å². The van der Waals surface area contributed by atoms with Gasteiger partial charge < -0.3 is 14.9 Å². The molecule has 3 saturated heterocycles. The third kappa shape index (κ3) is 5.28. The zero-order valence-corrected chi connectivity index (χ0v) is 17.8. The number of aliphatic hydroxyl groups excluding tert-OH is 1. The van der Waals surface area contributed by atoms with Gasteiger partial charge in [0.2, 0.25) is 5.91 Å². The van der Waals surface area contributed by atoms with E-state index < -0.39 is 0 Å². The SMILES string of the molecule is O=C(CN1CCC(O)CC1)N1CCC2(CCCN(CCC3CCCCC3)C2)C1. The van der Waals surface area contributed by atoms with Crippen LogP contribution >= 0.6 is 0 Å². The topological polar surface area (TPSA) is 47.0 Å². The lowest BCUT2D eigenvalue weighted by Crippen LogP contribution is -2.47. The monoisotopic (exact) mass is 391 g/mol. The molecule has 0 aromatic rings. The van der Waals surface area contributed by atoms with Crippen LogP contribution in [0.2, 0.25) is 0 Å². The first-order chi connectivity index (χ1) is 13.6. The Morgan fingerprint density at radius 1 is 0.857 bits per heavy atom. The molecule has 1 N–H and O–H groups in total. The number of hydrogen-bond donors (Lipinski definition) is 1. The summed E-state index contributed by atoms with van der Waals surface area (Å²) in [6.45, 7) is 7.94. The average molecular weight is 392 g/mol. The van der Waals surface area contributed by atoms with Gasteiger partial charge in [-0.25, -0.2) is 0 Å². The van der Waals surface area contributed by atoms with Crippen molar-refractivity contribution in [2.24, 2.45) is 11.3 Å². The third-order valence-corrected chi connectivity index (χ3v) is 8.03. The van der Waals surface area contributed by atoms with Gasteiger partial charge in [-0.3, -0.25) is 9.69 Å². The van der Waals surface area contributed by atoms with Gasteiger partial charge in [-0.1, -0.05) is 32.1 Å². The number of carbonyl (C=O) groups excluding carboxylic acids is 1. The maximum absolute atomic E-state index is 12.8. The highest BCUT2D eigenvalue weighted by Gasteiger charge is 2.42. The molecule has 5 heteroatoms. The van der Waals surface area contributed by atoms with Gasteiger partial charge in [0, 0.05) is 38.1 Å². The quantitative estimate of drug-likeness (QED) is 0.783. The van der Waals surface area contributed by atoms with Crippen molar-refractivity contribution in [2.45, 2.75) is 76.7 Å². The molecular formula is C23H41N3O2. The predicted octanol–water partition coefficient (Wildman–Crippen LogP) is 2.73. The molecule has 0 aromatic heterocycles. The average Bonchev–Trinajstić information content (AvgIpc) is 3.12. The summed E-state index contributed by atoms with van der Waals surface area (Å²) in [6, 6.07) is 0. The van der Waals surface area contributed by atoms with Crippen molar-refractivity contribution in [1.82, 2.24) is 14.7 Å². The third-order valence-electron chi connectivity index (χ3n) is 8.03. The zero-order chi connectivity index (χ0) is 19.4. The molecule has 1 spiro atoms. The molecule has 4 aliphatic rings. The van der Waals surface area contributed by atoms with Crippen LogP contribution < -0.4 is 0 Å². The lowest BCUT2D eigenvalue weighted by molar-refractivity contribution is -0.132. The molecule has 4 rings (SSSR count). The molecule has 28 heavy (non-hydrogen) atoms. The van der Waals surface area contributed by atoms with Crippen molar-refractivity contribution in [3.63, 3.8) is 0 Å². The van der Waals surface area contributed by atoms with Crippen molar-refractivity contribution in [3.8, 4) is 0 Å². The Kier molecular flexibility index (Phi) is 6.95. The lowest BCUT2D eigenvalue weighted by atomic mass is 9.79. The second kappa shape index (κ2) is 9.44. The zero-order valence-electron chi connectivity index (χ0n) is 17.8. The van der Waals surface area contributed by atoms with Crippen LogP contribution in [0.1, 0.15) is 70.6 Å². The van der Waals surface area contributed by atoms with Crippen LogP contribution in [-0.4, -0.2) is 84.2 Å². The van der Waals surface area contributed by atoms with Crippen molar-refractivity contribution in [2.75, 3.05) is 52.4 Å². The number of likely N-dealkylation sites (tertiary alicyclic amines) is 3. The maximum atomic E-state index is 12.8. The smallest absolute Gasteiger partial charge is 0.236 e. The normalized spacial score (nSPS) is 31.7. The summed E-state index contributed by atoms with van der Waals surface area (Å²) in [4.78, 5) is 19.9. The van der Waals surface area contributed by atoms with E-state index in [4.69, 9.17) is 0 Å². The number of rotatable bonds is 5. The van der Waals surface area contributed by atoms with Gasteiger partial charge in [0.15, 0.2) is 0 Å². The summed E-state index contributed by atoms with van der Waals surface area (Å²) in [5, 5.41) is 9.66. The Morgan fingerprint density at radius 3 is 2.43 bits per heavy atom. The van der Waals surface area contributed by atoms with E-state index in [1.54, 1.807) is 0 Å². The van der Waals surface area contributed by atoms with Gasteiger partial charge in [-0.2, -0.15) is 0 Å². The summed E-state index contributed by atoms with van der Waals surface area (Å²) in [7, 11) is 0. The number of nitrogens with zero attached hydrogens (tertiary/aromatic N) is 3. The van der Waals surface area contributed by atoms with Crippen LogP contribution in [0.15, 0.2) is 0 Å². The molecule has 1 aliphatic carbocycles. The fraction of sp³-hybridized carbons (Fsp3) is 0.957. The molecule has 1 amide bonds. The fourth-order valence-corrected chi connectivity index (χ4v) is 6.19. The Balaban J connectivity index is 1.23. The molecule has 0 bridgehead atoms. The summed E-state index contributed by atoms with van der Waals surface area (Å²) in [5.41, 5.74) is 0.360. The summed E-state index contributed by atoms with van der Waals surface area (Å²) in [5.74, 6) is 1.28. The van der Waals surface area contributed by atoms with Gasteiger partial charge in [-0.05, 0) is 57.5 Å².